The highest BCUT2D eigenvalue weighted by Crippen LogP contribution is 2.29. The molecule has 1 unspecified atom stereocenters. The van der Waals surface area contributed by atoms with E-state index in [4.69, 9.17) is 15.2 Å². The Kier molecular flexibility index (Phi) is 7.74. The van der Waals surface area contributed by atoms with E-state index in [1.54, 1.807) is 14.0 Å². The Morgan fingerprint density at radius 1 is 1.27 bits per heavy atom. The third-order valence-corrected chi connectivity index (χ3v) is 3.90. The van der Waals surface area contributed by atoms with E-state index in [1.807, 2.05) is 18.2 Å². The number of carbonyl (C=O) groups is 1. The van der Waals surface area contributed by atoms with Gasteiger partial charge in [-0.1, -0.05) is 32.8 Å². The Bertz CT molecular complexity index is 473. The van der Waals surface area contributed by atoms with Crippen LogP contribution in [0.15, 0.2) is 18.2 Å². The topological polar surface area (TPSA) is 73.6 Å². The van der Waals surface area contributed by atoms with Crippen molar-refractivity contribution in [1.29, 1.82) is 0 Å². The number of ether oxygens (including phenoxy) is 2. The monoisotopic (exact) mass is 308 g/mol. The van der Waals surface area contributed by atoms with Crippen molar-refractivity contribution in [1.82, 2.24) is 5.32 Å². The first-order chi connectivity index (χ1) is 10.5. The highest BCUT2D eigenvalue weighted by atomic mass is 16.5. The zero-order chi connectivity index (χ0) is 16.5. The fourth-order valence-corrected chi connectivity index (χ4v) is 2.04. The number of primary amides is 1. The van der Waals surface area contributed by atoms with E-state index >= 15 is 0 Å². The third kappa shape index (κ3) is 5.56. The maximum atomic E-state index is 11.0. The highest BCUT2D eigenvalue weighted by molar-refractivity contribution is 5.79. The lowest BCUT2D eigenvalue weighted by atomic mass is 10.1. The average molecular weight is 308 g/mol. The predicted molar refractivity (Wildman–Crippen MR) is 88.1 cm³/mol. The standard InChI is InChI=1S/C17H28N2O3/c1-5-13(6-2)11-22-15-8-7-14(9-16(15)21-4)10-19-12(3)17(18)20/h7-9,12-13,19H,5-6,10-11H2,1-4H3,(H2,18,20). The van der Waals surface area contributed by atoms with Crippen molar-refractivity contribution in [3.63, 3.8) is 0 Å². The molecule has 5 nitrogen and oxygen atoms in total. The van der Waals surface area contributed by atoms with Crippen molar-refractivity contribution >= 4 is 5.91 Å². The second-order valence-electron chi connectivity index (χ2n) is 5.48. The largest absolute Gasteiger partial charge is 0.493 e. The Labute approximate surface area is 133 Å². The summed E-state index contributed by atoms with van der Waals surface area (Å²) in [6.45, 7) is 7.33. The van der Waals surface area contributed by atoms with E-state index < -0.39 is 0 Å². The molecule has 1 rings (SSSR count). The molecule has 0 aliphatic carbocycles. The van der Waals surface area contributed by atoms with Gasteiger partial charge in [-0.3, -0.25) is 4.79 Å². The fraction of sp³-hybridized carbons (Fsp3) is 0.588. The number of hydrogen-bond acceptors (Lipinski definition) is 4. The number of nitrogens with two attached hydrogens (primary N) is 1. The van der Waals surface area contributed by atoms with E-state index in [-0.39, 0.29) is 11.9 Å². The molecule has 3 N–H and O–H groups in total. The van der Waals surface area contributed by atoms with Crippen LogP contribution in [0.1, 0.15) is 39.2 Å². The molecule has 124 valence electrons. The van der Waals surface area contributed by atoms with Gasteiger partial charge in [0.05, 0.1) is 19.8 Å². The van der Waals surface area contributed by atoms with Gasteiger partial charge in [-0.15, -0.1) is 0 Å². The zero-order valence-electron chi connectivity index (χ0n) is 14.0. The van der Waals surface area contributed by atoms with Gasteiger partial charge in [0, 0.05) is 6.54 Å². The van der Waals surface area contributed by atoms with E-state index in [1.165, 1.54) is 0 Å². The van der Waals surface area contributed by atoms with Gasteiger partial charge >= 0.3 is 0 Å². The van der Waals surface area contributed by atoms with Crippen LogP contribution in [0.4, 0.5) is 0 Å². The van der Waals surface area contributed by atoms with Crippen molar-refractivity contribution in [3.05, 3.63) is 23.8 Å². The molecule has 0 heterocycles. The number of nitrogens with one attached hydrogen (secondary N) is 1. The Morgan fingerprint density at radius 2 is 1.95 bits per heavy atom. The molecule has 22 heavy (non-hydrogen) atoms. The molecular weight excluding hydrogens is 280 g/mol. The van der Waals surface area contributed by atoms with E-state index in [0.717, 1.165) is 24.2 Å². The van der Waals surface area contributed by atoms with Crippen LogP contribution >= 0.6 is 0 Å². The van der Waals surface area contributed by atoms with Crippen molar-refractivity contribution in [2.45, 2.75) is 46.2 Å². The number of rotatable bonds is 10. The minimum atomic E-state index is -0.364. The predicted octanol–water partition coefficient (Wildman–Crippen LogP) is 2.47. The van der Waals surface area contributed by atoms with Gasteiger partial charge in [0.2, 0.25) is 5.91 Å². The SMILES string of the molecule is CCC(CC)COc1ccc(CNC(C)C(N)=O)cc1OC. The molecule has 0 radical (unpaired) electrons. The number of benzene rings is 1. The molecule has 0 spiro atoms. The first-order valence-corrected chi connectivity index (χ1v) is 7.84. The van der Waals surface area contributed by atoms with Crippen LogP contribution in [0.25, 0.3) is 0 Å². The quantitative estimate of drug-likeness (QED) is 0.696. The molecule has 0 aliphatic rings. The smallest absolute Gasteiger partial charge is 0.234 e. The molecule has 0 aliphatic heterocycles. The first kappa shape index (κ1) is 18.3. The summed E-state index contributed by atoms with van der Waals surface area (Å²) < 4.78 is 11.3. The summed E-state index contributed by atoms with van der Waals surface area (Å²) in [5.41, 5.74) is 6.24. The van der Waals surface area contributed by atoms with Gasteiger partial charge in [-0.05, 0) is 30.5 Å². The van der Waals surface area contributed by atoms with Gasteiger partial charge in [-0.2, -0.15) is 0 Å². The second-order valence-corrected chi connectivity index (χ2v) is 5.48. The van der Waals surface area contributed by atoms with Crippen molar-refractivity contribution < 1.29 is 14.3 Å². The maximum Gasteiger partial charge on any atom is 0.234 e. The lowest BCUT2D eigenvalue weighted by molar-refractivity contribution is -0.119. The molecule has 1 amide bonds. The molecule has 0 saturated carbocycles. The maximum absolute atomic E-state index is 11.0. The van der Waals surface area contributed by atoms with Gasteiger partial charge in [-0.25, -0.2) is 0 Å². The summed E-state index contributed by atoms with van der Waals surface area (Å²) in [4.78, 5) is 11.0. The van der Waals surface area contributed by atoms with Gasteiger partial charge < -0.3 is 20.5 Å². The Hall–Kier alpha value is -1.75. The fourth-order valence-electron chi connectivity index (χ4n) is 2.04. The number of hydrogen-bond donors (Lipinski definition) is 2. The first-order valence-electron chi connectivity index (χ1n) is 7.84. The van der Waals surface area contributed by atoms with Crippen LogP contribution in [0, 0.1) is 5.92 Å². The van der Waals surface area contributed by atoms with Crippen molar-refractivity contribution in [3.8, 4) is 11.5 Å². The van der Waals surface area contributed by atoms with E-state index in [0.29, 0.717) is 24.8 Å². The molecule has 0 bridgehead atoms. The van der Waals surface area contributed by atoms with Crippen LogP contribution in [0.2, 0.25) is 0 Å². The molecule has 0 aromatic heterocycles. The lowest BCUT2D eigenvalue weighted by Gasteiger charge is -2.17. The van der Waals surface area contributed by atoms with E-state index in [9.17, 15) is 4.79 Å². The van der Waals surface area contributed by atoms with Crippen LogP contribution < -0.4 is 20.5 Å². The van der Waals surface area contributed by atoms with Gasteiger partial charge in [0.1, 0.15) is 0 Å². The number of carbonyl (C=O) groups excluding carboxylic acids is 1. The summed E-state index contributed by atoms with van der Waals surface area (Å²) in [6.07, 6.45) is 2.21. The normalized spacial score (nSPS) is 12.2. The molecule has 1 aromatic rings. The Morgan fingerprint density at radius 3 is 2.50 bits per heavy atom. The molecule has 1 aromatic carbocycles. The molecule has 0 saturated heterocycles. The summed E-state index contributed by atoms with van der Waals surface area (Å²) in [7, 11) is 1.63. The lowest BCUT2D eigenvalue weighted by Crippen LogP contribution is -2.38. The third-order valence-electron chi connectivity index (χ3n) is 3.90. The summed E-state index contributed by atoms with van der Waals surface area (Å²) >= 11 is 0. The minimum Gasteiger partial charge on any atom is -0.493 e. The van der Waals surface area contributed by atoms with Crippen molar-refractivity contribution in [2.24, 2.45) is 11.7 Å². The average Bonchev–Trinajstić information content (AvgIpc) is 2.53. The minimum absolute atomic E-state index is 0.364. The highest BCUT2D eigenvalue weighted by Gasteiger charge is 2.11. The van der Waals surface area contributed by atoms with Gasteiger partial charge in [0.15, 0.2) is 11.5 Å². The molecule has 1 atom stereocenters. The molecular formula is C17H28N2O3. The van der Waals surface area contributed by atoms with Crippen molar-refractivity contribution in [2.75, 3.05) is 13.7 Å². The number of amides is 1. The molecule has 5 heteroatoms. The summed E-state index contributed by atoms with van der Waals surface area (Å²) in [5.74, 6) is 1.65. The van der Waals surface area contributed by atoms with Crippen LogP contribution in [-0.2, 0) is 11.3 Å². The number of methoxy groups -OCH3 is 1. The summed E-state index contributed by atoms with van der Waals surface area (Å²) in [5, 5.41) is 3.07. The van der Waals surface area contributed by atoms with Gasteiger partial charge in [0.25, 0.3) is 0 Å². The molecule has 0 fully saturated rings. The summed E-state index contributed by atoms with van der Waals surface area (Å²) in [6, 6.07) is 5.43. The van der Waals surface area contributed by atoms with E-state index in [2.05, 4.69) is 19.2 Å². The zero-order valence-corrected chi connectivity index (χ0v) is 14.0. The van der Waals surface area contributed by atoms with Crippen LogP contribution in [0.3, 0.4) is 0 Å². The van der Waals surface area contributed by atoms with Crippen LogP contribution in [-0.4, -0.2) is 25.7 Å². The van der Waals surface area contributed by atoms with Crippen LogP contribution in [0.5, 0.6) is 11.5 Å². The Balaban J connectivity index is 2.68. The second kappa shape index (κ2) is 9.30.